The molecule has 0 saturated carbocycles. The molecule has 0 N–H and O–H groups in total. The Morgan fingerprint density at radius 1 is 1.26 bits per heavy atom. The maximum Gasteiger partial charge on any atom is 0.377 e. The summed E-state index contributed by atoms with van der Waals surface area (Å²) in [5.41, 5.74) is 6.28. The van der Waals surface area contributed by atoms with Gasteiger partial charge in [-0.2, -0.15) is 10.5 Å². The topological polar surface area (TPSA) is 55.8 Å². The number of carbonyl (C=O) groups is 1. The van der Waals surface area contributed by atoms with E-state index in [4.69, 9.17) is 4.74 Å². The molecule has 1 atom stereocenters. The van der Waals surface area contributed by atoms with Gasteiger partial charge < -0.3 is 4.74 Å². The molecule has 0 radical (unpaired) electrons. The average molecular weight is 311 g/mol. The van der Waals surface area contributed by atoms with E-state index in [2.05, 4.69) is 17.5 Å². The van der Waals surface area contributed by atoms with Gasteiger partial charge in [-0.25, -0.2) is 4.79 Å². The van der Waals surface area contributed by atoms with Crippen LogP contribution in [0.4, 0.5) is 11.4 Å². The second-order valence-corrected chi connectivity index (χ2v) is 5.58. The van der Waals surface area contributed by atoms with Gasteiger partial charge in [0.25, 0.3) is 6.04 Å². The minimum atomic E-state index is -0.474. The molecule has 2 aromatic carbocycles. The van der Waals surface area contributed by atoms with E-state index < -0.39 is 6.04 Å². The van der Waals surface area contributed by atoms with Crippen molar-refractivity contribution in [2.24, 2.45) is 5.11 Å². The smallest absolute Gasteiger partial charge is 0.377 e. The van der Waals surface area contributed by atoms with Crippen LogP contribution in [-0.4, -0.2) is 23.4 Å². The lowest BCUT2D eigenvalue weighted by atomic mass is 10.1. The lowest BCUT2D eigenvalue weighted by Crippen LogP contribution is -2.33. The molecule has 0 fully saturated rings. The molecular formula is C18H21N3O2. The molecule has 5 heteroatoms. The minimum Gasteiger partial charge on any atom is -0.461 e. The Labute approximate surface area is 135 Å². The number of nitrogens with zero attached hydrogens (tertiary/aromatic N) is 3. The Balaban J connectivity index is 2.00. The molecule has 23 heavy (non-hydrogen) atoms. The van der Waals surface area contributed by atoms with Gasteiger partial charge in [-0.15, -0.1) is 4.81 Å². The lowest BCUT2D eigenvalue weighted by molar-refractivity contribution is -0.566. The second kappa shape index (κ2) is 6.77. The summed E-state index contributed by atoms with van der Waals surface area (Å²) in [5.74, 6) is -0.264. The third-order valence-corrected chi connectivity index (χ3v) is 3.95. The maximum absolute atomic E-state index is 12.3. The summed E-state index contributed by atoms with van der Waals surface area (Å²) in [4.78, 5) is 13.9. The fraction of sp³-hybridized carbons (Fsp3) is 0.389. The van der Waals surface area contributed by atoms with Crippen molar-refractivity contribution >= 4 is 28.1 Å². The number of azo groups is 1. The molecule has 1 heterocycles. The van der Waals surface area contributed by atoms with Crippen molar-refractivity contribution in [2.75, 3.05) is 6.61 Å². The van der Waals surface area contributed by atoms with E-state index in [0.29, 0.717) is 13.0 Å². The molecule has 5 nitrogen and oxygen atoms in total. The molecule has 120 valence electrons. The van der Waals surface area contributed by atoms with Gasteiger partial charge in [-0.05, 0) is 24.1 Å². The number of hydrogen-bond acceptors (Lipinski definition) is 3. The molecule has 1 aliphatic rings. The van der Waals surface area contributed by atoms with Crippen LogP contribution in [0.25, 0.3) is 16.2 Å². The molecule has 0 bridgehead atoms. The number of rotatable bonds is 6. The average Bonchev–Trinajstić information content (AvgIpc) is 2.56. The molecular weight excluding hydrogens is 290 g/mol. The van der Waals surface area contributed by atoms with Gasteiger partial charge in [0.15, 0.2) is 0 Å². The highest BCUT2D eigenvalue weighted by atomic mass is 16.5. The second-order valence-electron chi connectivity index (χ2n) is 5.58. The van der Waals surface area contributed by atoms with E-state index in [9.17, 15) is 4.79 Å². The Morgan fingerprint density at radius 3 is 2.78 bits per heavy atom. The van der Waals surface area contributed by atoms with Crippen LogP contribution in [0.15, 0.2) is 41.5 Å². The summed E-state index contributed by atoms with van der Waals surface area (Å²) in [5, 5.41) is 6.72. The van der Waals surface area contributed by atoms with Gasteiger partial charge >= 0.3 is 5.97 Å². The summed E-state index contributed by atoms with van der Waals surface area (Å²) in [6, 6.07) is 11.5. The molecule has 0 amide bonds. The Hall–Kier alpha value is -2.43. The van der Waals surface area contributed by atoms with E-state index >= 15 is 0 Å². The van der Waals surface area contributed by atoms with Crippen molar-refractivity contribution in [1.29, 1.82) is 0 Å². The molecule has 0 aliphatic carbocycles. The van der Waals surface area contributed by atoms with Crippen LogP contribution in [-0.2, 0) is 9.53 Å². The summed E-state index contributed by atoms with van der Waals surface area (Å²) in [7, 11) is 0. The summed E-state index contributed by atoms with van der Waals surface area (Å²) in [6.07, 6.45) is 2.62. The van der Waals surface area contributed by atoms with Crippen LogP contribution in [0.5, 0.6) is 0 Å². The molecule has 2 aromatic rings. The standard InChI is InChI=1S/C18H21N3O2/c1-3-5-12-16(18(22)23-4-2)21-19-14-10-6-8-13-9-7-11-15(20-21)17(13)14/h6-11,16H,3-5,12H2,1-2H3. The Kier molecular flexibility index (Phi) is 4.55. The van der Waals surface area contributed by atoms with Gasteiger partial charge in [0, 0.05) is 17.8 Å². The Bertz CT molecular complexity index is 750. The molecule has 1 aliphatic heterocycles. The molecule has 0 spiro atoms. The lowest BCUT2D eigenvalue weighted by Gasteiger charge is -2.24. The van der Waals surface area contributed by atoms with Crippen molar-refractivity contribution in [3.8, 4) is 0 Å². The van der Waals surface area contributed by atoms with Crippen molar-refractivity contribution < 1.29 is 14.3 Å². The SMILES string of the molecule is CCCCC(C(=O)OCC)[N+]1=Nc2cccc3cccc(c23)[N-]1. The molecule has 0 saturated heterocycles. The first kappa shape index (κ1) is 15.5. The monoisotopic (exact) mass is 311 g/mol. The number of esters is 1. The third kappa shape index (κ3) is 3.04. The molecule has 3 rings (SSSR count). The van der Waals surface area contributed by atoms with Crippen molar-refractivity contribution in [2.45, 2.75) is 39.2 Å². The molecule has 0 aromatic heterocycles. The van der Waals surface area contributed by atoms with Gasteiger partial charge in [0.2, 0.25) is 0 Å². The zero-order valence-corrected chi connectivity index (χ0v) is 13.5. The highest BCUT2D eigenvalue weighted by Gasteiger charge is 2.30. The van der Waals surface area contributed by atoms with E-state index in [0.717, 1.165) is 35.0 Å². The zero-order valence-electron chi connectivity index (χ0n) is 13.5. The van der Waals surface area contributed by atoms with E-state index in [-0.39, 0.29) is 5.97 Å². The third-order valence-electron chi connectivity index (χ3n) is 3.95. The van der Waals surface area contributed by atoms with Crippen LogP contribution in [0.3, 0.4) is 0 Å². The normalized spacial score (nSPS) is 14.1. The number of ether oxygens (including phenoxy) is 1. The van der Waals surface area contributed by atoms with Gasteiger partial charge in [-0.3, -0.25) is 0 Å². The van der Waals surface area contributed by atoms with Gasteiger partial charge in [0.05, 0.1) is 6.61 Å². The highest BCUT2D eigenvalue weighted by Crippen LogP contribution is 2.41. The first-order valence-corrected chi connectivity index (χ1v) is 8.15. The number of hydrogen-bond donors (Lipinski definition) is 0. The van der Waals surface area contributed by atoms with Gasteiger partial charge in [0.1, 0.15) is 0 Å². The summed E-state index contributed by atoms with van der Waals surface area (Å²) < 4.78 is 5.21. The van der Waals surface area contributed by atoms with E-state index in [1.54, 1.807) is 0 Å². The van der Waals surface area contributed by atoms with Crippen LogP contribution in [0.2, 0.25) is 0 Å². The van der Waals surface area contributed by atoms with E-state index in [1.807, 2.05) is 43.3 Å². The first-order chi connectivity index (χ1) is 11.2. The van der Waals surface area contributed by atoms with Crippen molar-refractivity contribution in [1.82, 2.24) is 0 Å². The van der Waals surface area contributed by atoms with Crippen LogP contribution in [0, 0.1) is 0 Å². The first-order valence-electron chi connectivity index (χ1n) is 8.15. The highest BCUT2D eigenvalue weighted by molar-refractivity contribution is 6.02. The van der Waals surface area contributed by atoms with Gasteiger partial charge in [-0.1, -0.05) is 49.7 Å². The predicted molar refractivity (Wildman–Crippen MR) is 89.3 cm³/mol. The van der Waals surface area contributed by atoms with Crippen LogP contribution < -0.4 is 0 Å². The number of carbonyl (C=O) groups excluding carboxylic acids is 1. The minimum absolute atomic E-state index is 0.264. The van der Waals surface area contributed by atoms with Crippen molar-refractivity contribution in [3.63, 3.8) is 0 Å². The predicted octanol–water partition coefficient (Wildman–Crippen LogP) is 4.99. The quantitative estimate of drug-likeness (QED) is 0.557. The number of benzene rings is 2. The fourth-order valence-corrected chi connectivity index (χ4v) is 2.81. The zero-order chi connectivity index (χ0) is 16.2. The van der Waals surface area contributed by atoms with Crippen molar-refractivity contribution in [3.05, 3.63) is 41.8 Å². The molecule has 1 unspecified atom stereocenters. The van der Waals surface area contributed by atoms with Crippen LogP contribution >= 0.6 is 0 Å². The summed E-state index contributed by atoms with van der Waals surface area (Å²) in [6.45, 7) is 4.28. The summed E-state index contributed by atoms with van der Waals surface area (Å²) >= 11 is 0. The maximum atomic E-state index is 12.3. The number of unbranched alkanes of at least 4 members (excludes halogenated alkanes) is 1. The van der Waals surface area contributed by atoms with E-state index in [1.165, 1.54) is 4.81 Å². The fourth-order valence-electron chi connectivity index (χ4n) is 2.81. The largest absolute Gasteiger partial charge is 0.461 e. The Morgan fingerprint density at radius 2 is 2.04 bits per heavy atom. The van der Waals surface area contributed by atoms with Crippen LogP contribution in [0.1, 0.15) is 33.1 Å².